The zero-order valence-corrected chi connectivity index (χ0v) is 15.3. The summed E-state index contributed by atoms with van der Waals surface area (Å²) in [6.45, 7) is -2.74. The van der Waals surface area contributed by atoms with Gasteiger partial charge in [0.05, 0.1) is 5.02 Å². The van der Waals surface area contributed by atoms with Crippen LogP contribution < -0.4 is 0 Å². The Hall–Kier alpha value is -2.08. The second-order valence-electron chi connectivity index (χ2n) is 6.49. The van der Waals surface area contributed by atoms with Crippen LogP contribution in [0.4, 0.5) is 8.78 Å². The number of amides is 1. The first-order valence-electron chi connectivity index (χ1n) is 11.1. The smallest absolute Gasteiger partial charge is 0.253 e. The maximum Gasteiger partial charge on any atom is 0.253 e. The van der Waals surface area contributed by atoms with Gasteiger partial charge >= 0.3 is 0 Å². The Bertz CT molecular complexity index is 990. The van der Waals surface area contributed by atoms with Crippen LogP contribution in [0.25, 0.3) is 0 Å². The van der Waals surface area contributed by atoms with Crippen molar-refractivity contribution in [3.63, 3.8) is 0 Å². The van der Waals surface area contributed by atoms with Crippen LogP contribution >= 0.6 is 11.6 Å². The fourth-order valence-corrected chi connectivity index (χ4v) is 3.11. The van der Waals surface area contributed by atoms with Gasteiger partial charge in [0, 0.05) is 44.3 Å². The van der Waals surface area contributed by atoms with Crippen molar-refractivity contribution in [1.29, 1.82) is 0 Å². The highest BCUT2D eigenvalue weighted by Gasteiger charge is 2.35. The van der Waals surface area contributed by atoms with E-state index in [0.717, 1.165) is 6.07 Å². The third-order valence-corrected chi connectivity index (χ3v) is 4.79. The summed E-state index contributed by atoms with van der Waals surface area (Å²) < 4.78 is 67.3. The van der Waals surface area contributed by atoms with Crippen LogP contribution in [-0.4, -0.2) is 39.5 Å². The van der Waals surface area contributed by atoms with Crippen LogP contribution in [-0.2, 0) is 6.42 Å². The molecule has 0 saturated carbocycles. The van der Waals surface area contributed by atoms with E-state index in [1.54, 1.807) is 0 Å². The molecule has 1 aliphatic rings. The third kappa shape index (κ3) is 5.01. The quantitative estimate of drug-likeness (QED) is 0.742. The number of halogens is 3. The Morgan fingerprint density at radius 2 is 2.19 bits per heavy atom. The fourth-order valence-electron chi connectivity index (χ4n) is 2.93. The molecular weight excluding hydrogens is 372 g/mol. The zero-order chi connectivity index (χ0) is 23.7. The summed E-state index contributed by atoms with van der Waals surface area (Å²) in [6.07, 6.45) is 0.354. The highest BCUT2D eigenvalue weighted by atomic mass is 35.5. The van der Waals surface area contributed by atoms with E-state index in [9.17, 15) is 9.18 Å². The minimum atomic E-state index is -2.30. The first-order valence-corrected chi connectivity index (χ1v) is 8.95. The van der Waals surface area contributed by atoms with Gasteiger partial charge in [-0.15, -0.1) is 0 Å². The van der Waals surface area contributed by atoms with Crippen LogP contribution in [0.1, 0.15) is 54.2 Å². The SMILES string of the molecule is [2H]C([2H])([2H])c1cnc(CCCC2(F)CCN(C(=O)c3ccc(F)c(Cl)c3)CC2([2H])[2H])nc1. The van der Waals surface area contributed by atoms with E-state index in [1.165, 1.54) is 29.4 Å². The number of aryl methyl sites for hydroxylation is 2. The van der Waals surface area contributed by atoms with Crippen LogP contribution in [0.3, 0.4) is 0 Å². The molecule has 27 heavy (non-hydrogen) atoms. The molecule has 1 unspecified atom stereocenters. The molecule has 1 aromatic heterocycles. The maximum absolute atomic E-state index is 15.5. The standard InChI is InChI=1S/C20H22ClF2N3O/c1-14-12-24-18(25-13-14)3-2-6-20(23)7-9-26(10-8-20)19(27)15-4-5-17(22)16(21)11-15/h4-5,11-13H,2-3,6-10H2,1H3/i1D3,7D2. The second-order valence-corrected chi connectivity index (χ2v) is 6.90. The molecule has 0 spiro atoms. The number of hydrogen-bond acceptors (Lipinski definition) is 3. The molecule has 0 radical (unpaired) electrons. The molecule has 0 aliphatic carbocycles. The monoisotopic (exact) mass is 398 g/mol. The van der Waals surface area contributed by atoms with Crippen molar-refractivity contribution in [1.82, 2.24) is 14.9 Å². The van der Waals surface area contributed by atoms with E-state index in [2.05, 4.69) is 9.97 Å². The Labute approximate surface area is 169 Å². The van der Waals surface area contributed by atoms with Crippen molar-refractivity contribution < 1.29 is 20.4 Å². The Balaban J connectivity index is 1.60. The van der Waals surface area contributed by atoms with E-state index in [-0.39, 0.29) is 48.4 Å². The van der Waals surface area contributed by atoms with Crippen LogP contribution in [0.15, 0.2) is 30.6 Å². The molecular formula is C20H22ClF2N3O. The molecule has 1 aromatic carbocycles. The van der Waals surface area contributed by atoms with Gasteiger partial charge in [0.25, 0.3) is 5.91 Å². The molecule has 0 bridgehead atoms. The first-order chi connectivity index (χ1) is 14.8. The van der Waals surface area contributed by atoms with E-state index in [4.69, 9.17) is 18.5 Å². The van der Waals surface area contributed by atoms with E-state index in [0.29, 0.717) is 5.82 Å². The topological polar surface area (TPSA) is 46.1 Å². The van der Waals surface area contributed by atoms with Crippen molar-refractivity contribution in [3.05, 3.63) is 58.4 Å². The maximum atomic E-state index is 15.5. The number of benzene rings is 1. The summed E-state index contributed by atoms with van der Waals surface area (Å²) in [5.74, 6) is -0.861. The van der Waals surface area contributed by atoms with Gasteiger partial charge in [0.2, 0.25) is 0 Å². The lowest BCUT2D eigenvalue weighted by Gasteiger charge is -2.36. The van der Waals surface area contributed by atoms with Crippen LogP contribution in [0.5, 0.6) is 0 Å². The lowest BCUT2D eigenvalue weighted by atomic mass is 9.88. The number of hydrogen-bond donors (Lipinski definition) is 0. The fraction of sp³-hybridized carbons (Fsp3) is 0.450. The number of aromatic nitrogens is 2. The summed E-state index contributed by atoms with van der Waals surface area (Å²) in [5.41, 5.74) is -2.03. The van der Waals surface area contributed by atoms with Gasteiger partial charge in [-0.3, -0.25) is 4.79 Å². The van der Waals surface area contributed by atoms with E-state index < -0.39 is 37.2 Å². The zero-order valence-electron chi connectivity index (χ0n) is 19.5. The summed E-state index contributed by atoms with van der Waals surface area (Å²) in [7, 11) is 0. The van der Waals surface area contributed by atoms with Crippen molar-refractivity contribution in [2.45, 2.75) is 44.6 Å². The molecule has 1 fully saturated rings. The normalized spacial score (nSPS) is 25.0. The van der Waals surface area contributed by atoms with Crippen molar-refractivity contribution >= 4 is 17.5 Å². The lowest BCUT2D eigenvalue weighted by Crippen LogP contribution is -2.44. The van der Waals surface area contributed by atoms with Gasteiger partial charge in [0.1, 0.15) is 17.3 Å². The molecule has 0 N–H and O–H groups in total. The third-order valence-electron chi connectivity index (χ3n) is 4.50. The number of alkyl halides is 1. The number of likely N-dealkylation sites (tertiary alicyclic amines) is 1. The molecule has 4 nitrogen and oxygen atoms in total. The van der Waals surface area contributed by atoms with Crippen molar-refractivity contribution in [2.75, 3.05) is 13.1 Å². The average molecular weight is 399 g/mol. The summed E-state index contributed by atoms with van der Waals surface area (Å²) in [5, 5.41) is -0.218. The second kappa shape index (κ2) is 8.30. The minimum Gasteiger partial charge on any atom is -0.338 e. The van der Waals surface area contributed by atoms with Crippen molar-refractivity contribution in [3.8, 4) is 0 Å². The van der Waals surface area contributed by atoms with E-state index >= 15 is 4.39 Å². The van der Waals surface area contributed by atoms with Crippen molar-refractivity contribution in [2.24, 2.45) is 0 Å². The highest BCUT2D eigenvalue weighted by molar-refractivity contribution is 6.31. The first kappa shape index (κ1) is 14.0. The number of piperidine rings is 1. The molecule has 1 aliphatic heterocycles. The average Bonchev–Trinajstić information content (AvgIpc) is 2.71. The number of rotatable bonds is 5. The molecule has 144 valence electrons. The van der Waals surface area contributed by atoms with Crippen LogP contribution in [0, 0.1) is 12.7 Å². The number of carbonyl (C=O) groups excluding carboxylic acids is 1. The largest absolute Gasteiger partial charge is 0.338 e. The van der Waals surface area contributed by atoms with Crippen LogP contribution in [0.2, 0.25) is 5.02 Å². The molecule has 2 aromatic rings. The summed E-state index contributed by atoms with van der Waals surface area (Å²) >= 11 is 5.72. The summed E-state index contributed by atoms with van der Waals surface area (Å²) in [6, 6.07) is 3.48. The minimum absolute atomic E-state index is 0.00756. The Morgan fingerprint density at radius 3 is 2.85 bits per heavy atom. The molecule has 2 heterocycles. The Kier molecular flexibility index (Phi) is 4.30. The number of carbonyl (C=O) groups is 1. The lowest BCUT2D eigenvalue weighted by molar-refractivity contribution is 0.0389. The molecule has 1 atom stereocenters. The predicted octanol–water partition coefficient (Wildman–Crippen LogP) is 4.54. The molecule has 3 rings (SSSR count). The molecule has 7 heteroatoms. The van der Waals surface area contributed by atoms with Gasteiger partial charge in [-0.2, -0.15) is 0 Å². The van der Waals surface area contributed by atoms with Gasteiger partial charge in [-0.25, -0.2) is 18.7 Å². The predicted molar refractivity (Wildman–Crippen MR) is 100 cm³/mol. The highest BCUT2D eigenvalue weighted by Crippen LogP contribution is 2.32. The number of nitrogens with zero attached hydrogens (tertiary/aromatic N) is 3. The van der Waals surface area contributed by atoms with Gasteiger partial charge in [-0.05, 0) is 56.2 Å². The molecule has 1 amide bonds. The van der Waals surface area contributed by atoms with Gasteiger partial charge < -0.3 is 4.90 Å². The van der Waals surface area contributed by atoms with Gasteiger partial charge in [-0.1, -0.05) is 11.6 Å². The van der Waals surface area contributed by atoms with E-state index in [1.807, 2.05) is 0 Å². The molecule has 1 saturated heterocycles. The van der Waals surface area contributed by atoms with Gasteiger partial charge in [0.15, 0.2) is 0 Å². The summed E-state index contributed by atoms with van der Waals surface area (Å²) in [4.78, 5) is 21.8. The Morgan fingerprint density at radius 1 is 1.41 bits per heavy atom.